The third kappa shape index (κ3) is 3.50. The van der Waals surface area contributed by atoms with E-state index in [9.17, 15) is 4.79 Å². The van der Waals surface area contributed by atoms with E-state index in [1.807, 2.05) is 17.5 Å². The topological polar surface area (TPSA) is 29.1 Å². The van der Waals surface area contributed by atoms with Gasteiger partial charge in [0.25, 0.3) is 5.91 Å². The summed E-state index contributed by atoms with van der Waals surface area (Å²) in [6.07, 6.45) is 0.914. The first-order valence-corrected chi connectivity index (χ1v) is 5.65. The number of carbonyl (C=O) groups is 1. The standard InChI is InChI=1S/C11H16NOS/c1-8(2)7-9(3)12-11(13)10-5-4-6-14-10/h4-6,8-9H,3,7H2,1-2H3,(H,12,13). The number of nitrogens with one attached hydrogen (secondary N) is 1. The van der Waals surface area contributed by atoms with Crippen LogP contribution in [0.2, 0.25) is 0 Å². The fourth-order valence-corrected chi connectivity index (χ4v) is 1.92. The van der Waals surface area contributed by atoms with Gasteiger partial charge in [-0.05, 0) is 30.7 Å². The molecule has 0 spiro atoms. The lowest BCUT2D eigenvalue weighted by molar-refractivity contribution is 0.0945. The minimum Gasteiger partial charge on any atom is -0.349 e. The Hall–Kier alpha value is -0.830. The van der Waals surface area contributed by atoms with Gasteiger partial charge in [-0.2, -0.15) is 0 Å². The van der Waals surface area contributed by atoms with Gasteiger partial charge in [0.15, 0.2) is 0 Å². The maximum atomic E-state index is 11.6. The third-order valence-electron chi connectivity index (χ3n) is 1.84. The summed E-state index contributed by atoms with van der Waals surface area (Å²) in [4.78, 5) is 12.3. The molecule has 3 heteroatoms. The van der Waals surface area contributed by atoms with E-state index in [0.717, 1.165) is 11.3 Å². The Morgan fingerprint density at radius 1 is 1.64 bits per heavy atom. The molecule has 1 aromatic rings. The Bertz CT molecular complexity index is 279. The minimum absolute atomic E-state index is 0.00426. The number of carbonyl (C=O) groups excluding carboxylic acids is 1. The summed E-state index contributed by atoms with van der Waals surface area (Å²) in [7, 11) is 0. The van der Waals surface area contributed by atoms with Crippen molar-refractivity contribution in [2.45, 2.75) is 26.3 Å². The van der Waals surface area contributed by atoms with Gasteiger partial charge in [-0.15, -0.1) is 11.3 Å². The molecule has 1 radical (unpaired) electrons. The molecule has 0 aliphatic rings. The molecule has 0 aliphatic carbocycles. The number of rotatable bonds is 4. The summed E-state index contributed by atoms with van der Waals surface area (Å²) in [6, 6.07) is 3.70. The van der Waals surface area contributed by atoms with Crippen molar-refractivity contribution in [3.05, 3.63) is 29.3 Å². The second-order valence-corrected chi connectivity index (χ2v) is 4.72. The molecule has 14 heavy (non-hydrogen) atoms. The van der Waals surface area contributed by atoms with Gasteiger partial charge in [0, 0.05) is 6.04 Å². The number of hydrogen-bond donors (Lipinski definition) is 1. The normalized spacial score (nSPS) is 12.9. The van der Waals surface area contributed by atoms with Gasteiger partial charge in [-0.3, -0.25) is 4.79 Å². The van der Waals surface area contributed by atoms with Gasteiger partial charge in [-0.1, -0.05) is 19.9 Å². The maximum absolute atomic E-state index is 11.6. The molecule has 1 amide bonds. The lowest BCUT2D eigenvalue weighted by atomic mass is 10.1. The monoisotopic (exact) mass is 210 g/mol. The van der Waals surface area contributed by atoms with Crippen molar-refractivity contribution in [3.8, 4) is 0 Å². The first-order valence-electron chi connectivity index (χ1n) is 4.77. The highest BCUT2D eigenvalue weighted by Crippen LogP contribution is 2.09. The zero-order valence-corrected chi connectivity index (χ0v) is 9.43. The number of amides is 1. The van der Waals surface area contributed by atoms with Crippen LogP contribution in [-0.4, -0.2) is 11.9 Å². The van der Waals surface area contributed by atoms with Crippen LogP contribution in [0.3, 0.4) is 0 Å². The molecule has 1 heterocycles. The second kappa shape index (κ2) is 5.15. The molecule has 0 fully saturated rings. The van der Waals surface area contributed by atoms with Crippen LogP contribution in [0.1, 0.15) is 29.9 Å². The van der Waals surface area contributed by atoms with E-state index >= 15 is 0 Å². The molecule has 1 unspecified atom stereocenters. The molecular weight excluding hydrogens is 194 g/mol. The van der Waals surface area contributed by atoms with Crippen molar-refractivity contribution >= 4 is 17.2 Å². The van der Waals surface area contributed by atoms with Crippen LogP contribution in [-0.2, 0) is 0 Å². The molecule has 0 saturated heterocycles. The number of hydrogen-bond acceptors (Lipinski definition) is 2. The number of thiophene rings is 1. The summed E-state index contributed by atoms with van der Waals surface area (Å²) >= 11 is 1.45. The Balaban J connectivity index is 2.41. The van der Waals surface area contributed by atoms with E-state index in [2.05, 4.69) is 26.1 Å². The maximum Gasteiger partial charge on any atom is 0.261 e. The van der Waals surface area contributed by atoms with E-state index in [1.165, 1.54) is 11.3 Å². The van der Waals surface area contributed by atoms with Crippen molar-refractivity contribution in [1.29, 1.82) is 0 Å². The molecule has 1 aromatic heterocycles. The Morgan fingerprint density at radius 3 is 2.86 bits per heavy atom. The molecule has 1 rings (SSSR count). The van der Waals surface area contributed by atoms with Crippen LogP contribution >= 0.6 is 11.3 Å². The zero-order chi connectivity index (χ0) is 10.6. The van der Waals surface area contributed by atoms with Crippen molar-refractivity contribution in [3.63, 3.8) is 0 Å². The van der Waals surface area contributed by atoms with Crippen molar-refractivity contribution < 1.29 is 4.79 Å². The van der Waals surface area contributed by atoms with Crippen molar-refractivity contribution in [1.82, 2.24) is 5.32 Å². The van der Waals surface area contributed by atoms with Crippen molar-refractivity contribution in [2.75, 3.05) is 0 Å². The van der Waals surface area contributed by atoms with E-state index in [1.54, 1.807) is 0 Å². The molecule has 0 aliphatic heterocycles. The summed E-state index contributed by atoms with van der Waals surface area (Å²) in [6.45, 7) is 8.14. The summed E-state index contributed by atoms with van der Waals surface area (Å²) < 4.78 is 0. The SMILES string of the molecule is [CH2]C(CC(C)C)NC(=O)c1cccs1. The first-order chi connectivity index (χ1) is 6.59. The quantitative estimate of drug-likeness (QED) is 0.813. The summed E-state index contributed by atoms with van der Waals surface area (Å²) in [5.74, 6) is 0.543. The summed E-state index contributed by atoms with van der Waals surface area (Å²) in [5.41, 5.74) is 0. The average Bonchev–Trinajstić information content (AvgIpc) is 2.53. The van der Waals surface area contributed by atoms with Crippen LogP contribution in [0.4, 0.5) is 0 Å². The highest BCUT2D eigenvalue weighted by Gasteiger charge is 2.11. The van der Waals surface area contributed by atoms with Crippen LogP contribution in [0, 0.1) is 12.8 Å². The third-order valence-corrected chi connectivity index (χ3v) is 2.70. The van der Waals surface area contributed by atoms with Gasteiger partial charge in [0.2, 0.25) is 0 Å². The molecule has 0 aromatic carbocycles. The van der Waals surface area contributed by atoms with Gasteiger partial charge in [-0.25, -0.2) is 0 Å². The lowest BCUT2D eigenvalue weighted by Crippen LogP contribution is -2.33. The predicted molar refractivity (Wildman–Crippen MR) is 60.4 cm³/mol. The van der Waals surface area contributed by atoms with E-state index < -0.39 is 0 Å². The molecular formula is C11H16NOS. The fraction of sp³-hybridized carbons (Fsp3) is 0.455. The van der Waals surface area contributed by atoms with Crippen LogP contribution < -0.4 is 5.32 Å². The second-order valence-electron chi connectivity index (χ2n) is 3.78. The zero-order valence-electron chi connectivity index (χ0n) is 8.62. The Labute approximate surface area is 89.3 Å². The van der Waals surface area contributed by atoms with E-state index in [0.29, 0.717) is 5.92 Å². The highest BCUT2D eigenvalue weighted by atomic mass is 32.1. The van der Waals surface area contributed by atoms with Gasteiger partial charge in [0.1, 0.15) is 0 Å². The van der Waals surface area contributed by atoms with Crippen molar-refractivity contribution in [2.24, 2.45) is 5.92 Å². The smallest absolute Gasteiger partial charge is 0.261 e. The molecule has 2 nitrogen and oxygen atoms in total. The first kappa shape index (κ1) is 11.2. The Kier molecular flexibility index (Phi) is 4.14. The fourth-order valence-electron chi connectivity index (χ4n) is 1.29. The van der Waals surface area contributed by atoms with Crippen LogP contribution in [0.15, 0.2) is 17.5 Å². The highest BCUT2D eigenvalue weighted by molar-refractivity contribution is 7.12. The van der Waals surface area contributed by atoms with E-state index in [-0.39, 0.29) is 11.9 Å². The molecule has 1 N–H and O–H groups in total. The van der Waals surface area contributed by atoms with Gasteiger partial charge in [0.05, 0.1) is 4.88 Å². The van der Waals surface area contributed by atoms with E-state index in [4.69, 9.17) is 0 Å². The molecule has 0 saturated carbocycles. The average molecular weight is 210 g/mol. The lowest BCUT2D eigenvalue weighted by Gasteiger charge is -2.14. The summed E-state index contributed by atoms with van der Waals surface area (Å²) in [5, 5.41) is 4.77. The molecule has 77 valence electrons. The predicted octanol–water partition coefficient (Wildman–Crippen LogP) is 2.73. The molecule has 0 bridgehead atoms. The van der Waals surface area contributed by atoms with Gasteiger partial charge < -0.3 is 5.32 Å². The van der Waals surface area contributed by atoms with Crippen LogP contribution in [0.25, 0.3) is 0 Å². The Morgan fingerprint density at radius 2 is 2.36 bits per heavy atom. The minimum atomic E-state index is -0.0133. The molecule has 1 atom stereocenters. The van der Waals surface area contributed by atoms with Crippen LogP contribution in [0.5, 0.6) is 0 Å². The largest absolute Gasteiger partial charge is 0.349 e. The van der Waals surface area contributed by atoms with Gasteiger partial charge >= 0.3 is 0 Å².